The minimum atomic E-state index is -0.627. The molecule has 3 amide bonds. The van der Waals surface area contributed by atoms with Crippen molar-refractivity contribution in [1.29, 1.82) is 0 Å². The maximum atomic E-state index is 13.5. The first kappa shape index (κ1) is 19.8. The fraction of sp³-hybridized carbons (Fsp3) is 0.304. The number of nitrogens with one attached hydrogen (secondary N) is 1. The predicted molar refractivity (Wildman–Crippen MR) is 114 cm³/mol. The molecule has 7 nitrogen and oxygen atoms in total. The summed E-state index contributed by atoms with van der Waals surface area (Å²) in [5, 5.41) is 2.95. The van der Waals surface area contributed by atoms with Gasteiger partial charge in [0.1, 0.15) is 0 Å². The number of nitrogens with zero attached hydrogens (tertiary/aromatic N) is 2. The Labute approximate surface area is 175 Å². The molecule has 4 rings (SSSR count). The van der Waals surface area contributed by atoms with Gasteiger partial charge in [0.2, 0.25) is 0 Å². The summed E-state index contributed by atoms with van der Waals surface area (Å²) in [4.78, 5) is 29.5. The molecule has 2 aliphatic heterocycles. The van der Waals surface area contributed by atoms with Gasteiger partial charge in [-0.25, -0.2) is 4.79 Å². The smallest absolute Gasteiger partial charge is 0.322 e. The van der Waals surface area contributed by atoms with Crippen LogP contribution in [0.5, 0.6) is 11.5 Å². The van der Waals surface area contributed by atoms with Gasteiger partial charge in [0, 0.05) is 18.3 Å². The number of hydrogen-bond donors (Lipinski definition) is 1. The SMILES string of the molecule is COc1cccc([C@H]2NC(=O)N(C)C3=C2C(=O)N(c2ccc(C)c(C)c2)C3)c1OC. The van der Waals surface area contributed by atoms with E-state index in [1.165, 1.54) is 4.90 Å². The normalized spacial score (nSPS) is 18.5. The molecule has 0 spiro atoms. The molecule has 156 valence electrons. The second kappa shape index (κ2) is 7.40. The summed E-state index contributed by atoms with van der Waals surface area (Å²) >= 11 is 0. The molecule has 2 aromatic rings. The molecule has 0 radical (unpaired) electrons. The number of benzene rings is 2. The summed E-state index contributed by atoms with van der Waals surface area (Å²) < 4.78 is 11.0. The van der Waals surface area contributed by atoms with Crippen LogP contribution >= 0.6 is 0 Å². The number of carbonyl (C=O) groups excluding carboxylic acids is 2. The van der Waals surface area contributed by atoms with Crippen LogP contribution in [0, 0.1) is 13.8 Å². The third-order valence-corrected chi connectivity index (χ3v) is 5.91. The average molecular weight is 407 g/mol. The van der Waals surface area contributed by atoms with Gasteiger partial charge >= 0.3 is 6.03 Å². The van der Waals surface area contributed by atoms with E-state index in [0.29, 0.717) is 34.9 Å². The Morgan fingerprint density at radius 3 is 2.47 bits per heavy atom. The monoisotopic (exact) mass is 407 g/mol. The quantitative estimate of drug-likeness (QED) is 0.844. The zero-order valence-corrected chi connectivity index (χ0v) is 17.8. The van der Waals surface area contributed by atoms with Crippen LogP contribution in [0.25, 0.3) is 0 Å². The van der Waals surface area contributed by atoms with Crippen molar-refractivity contribution in [1.82, 2.24) is 10.2 Å². The number of rotatable bonds is 4. The first-order valence-corrected chi connectivity index (χ1v) is 9.74. The van der Waals surface area contributed by atoms with E-state index in [9.17, 15) is 9.59 Å². The van der Waals surface area contributed by atoms with Gasteiger partial charge in [-0.3, -0.25) is 9.69 Å². The van der Waals surface area contributed by atoms with Crippen molar-refractivity contribution in [3.8, 4) is 11.5 Å². The molecule has 0 aliphatic carbocycles. The summed E-state index contributed by atoms with van der Waals surface area (Å²) in [7, 11) is 4.79. The number of hydrogen-bond acceptors (Lipinski definition) is 4. The minimum absolute atomic E-state index is 0.130. The first-order valence-electron chi connectivity index (χ1n) is 9.74. The van der Waals surface area contributed by atoms with Crippen molar-refractivity contribution in [2.45, 2.75) is 19.9 Å². The molecule has 0 aromatic heterocycles. The van der Waals surface area contributed by atoms with E-state index in [0.717, 1.165) is 16.8 Å². The maximum Gasteiger partial charge on any atom is 0.322 e. The number of urea groups is 1. The van der Waals surface area contributed by atoms with Crippen molar-refractivity contribution < 1.29 is 19.1 Å². The van der Waals surface area contributed by atoms with Gasteiger partial charge in [-0.2, -0.15) is 0 Å². The van der Waals surface area contributed by atoms with E-state index >= 15 is 0 Å². The zero-order chi connectivity index (χ0) is 21.6. The van der Waals surface area contributed by atoms with Crippen LogP contribution in [0.4, 0.5) is 10.5 Å². The fourth-order valence-electron chi connectivity index (χ4n) is 4.04. The van der Waals surface area contributed by atoms with Gasteiger partial charge in [0.25, 0.3) is 5.91 Å². The lowest BCUT2D eigenvalue weighted by molar-refractivity contribution is -0.114. The highest BCUT2D eigenvalue weighted by Crippen LogP contribution is 2.43. The number of ether oxygens (including phenoxy) is 2. The van der Waals surface area contributed by atoms with Crippen LogP contribution < -0.4 is 19.7 Å². The molecule has 1 N–H and O–H groups in total. The van der Waals surface area contributed by atoms with Crippen LogP contribution in [-0.4, -0.2) is 44.7 Å². The molecule has 2 heterocycles. The minimum Gasteiger partial charge on any atom is -0.493 e. The molecule has 2 aliphatic rings. The van der Waals surface area contributed by atoms with E-state index in [1.54, 1.807) is 32.2 Å². The van der Waals surface area contributed by atoms with Gasteiger partial charge in [-0.15, -0.1) is 0 Å². The Morgan fingerprint density at radius 2 is 1.80 bits per heavy atom. The molecule has 0 unspecified atom stereocenters. The standard InChI is InChI=1S/C23H25N3O4/c1-13-9-10-15(11-14(13)2)26-12-17-19(22(26)27)20(24-23(28)25(17)3)16-7-6-8-18(29-4)21(16)30-5/h6-11,20H,12H2,1-5H3,(H,24,28)/t20-/m1/s1. The molecular weight excluding hydrogens is 382 g/mol. The van der Waals surface area contributed by atoms with Crippen molar-refractivity contribution >= 4 is 17.6 Å². The van der Waals surface area contributed by atoms with E-state index in [4.69, 9.17) is 9.47 Å². The van der Waals surface area contributed by atoms with E-state index in [-0.39, 0.29) is 11.9 Å². The third kappa shape index (κ3) is 2.98. The molecule has 2 aromatic carbocycles. The van der Waals surface area contributed by atoms with Crippen LogP contribution in [0.2, 0.25) is 0 Å². The number of carbonyl (C=O) groups is 2. The highest BCUT2D eigenvalue weighted by Gasteiger charge is 2.44. The summed E-state index contributed by atoms with van der Waals surface area (Å²) in [6, 6.07) is 10.5. The lowest BCUT2D eigenvalue weighted by Gasteiger charge is -2.31. The molecule has 30 heavy (non-hydrogen) atoms. The largest absolute Gasteiger partial charge is 0.493 e. The third-order valence-electron chi connectivity index (χ3n) is 5.91. The number of amides is 3. The zero-order valence-electron chi connectivity index (χ0n) is 17.8. The van der Waals surface area contributed by atoms with Crippen molar-refractivity contribution in [3.63, 3.8) is 0 Å². The van der Waals surface area contributed by atoms with Crippen LogP contribution in [0.3, 0.4) is 0 Å². The van der Waals surface area contributed by atoms with Crippen LogP contribution in [-0.2, 0) is 4.79 Å². The Morgan fingerprint density at radius 1 is 1.03 bits per heavy atom. The molecule has 0 saturated carbocycles. The second-order valence-corrected chi connectivity index (χ2v) is 7.54. The number of anilines is 1. The number of likely N-dealkylation sites (N-methyl/N-ethyl adjacent to an activating group) is 1. The maximum absolute atomic E-state index is 13.5. The van der Waals surface area contributed by atoms with Crippen molar-refractivity contribution in [2.24, 2.45) is 0 Å². The molecule has 1 atom stereocenters. The van der Waals surface area contributed by atoms with Crippen molar-refractivity contribution in [3.05, 3.63) is 64.4 Å². The summed E-state index contributed by atoms with van der Waals surface area (Å²) in [6.45, 7) is 4.40. The highest BCUT2D eigenvalue weighted by molar-refractivity contribution is 6.12. The Balaban J connectivity index is 1.81. The predicted octanol–water partition coefficient (Wildman–Crippen LogP) is 3.32. The second-order valence-electron chi connectivity index (χ2n) is 7.54. The van der Waals surface area contributed by atoms with E-state index < -0.39 is 6.04 Å². The number of methoxy groups -OCH3 is 2. The van der Waals surface area contributed by atoms with Crippen LogP contribution in [0.15, 0.2) is 47.7 Å². The average Bonchev–Trinajstić information content (AvgIpc) is 3.09. The summed E-state index contributed by atoms with van der Waals surface area (Å²) in [5.41, 5.74) is 5.00. The molecule has 0 fully saturated rings. The molecule has 0 saturated heterocycles. The van der Waals surface area contributed by atoms with Gasteiger partial charge < -0.3 is 19.7 Å². The van der Waals surface area contributed by atoms with Gasteiger partial charge in [-0.1, -0.05) is 18.2 Å². The summed E-state index contributed by atoms with van der Waals surface area (Å²) in [6.07, 6.45) is 0. The lowest BCUT2D eigenvalue weighted by Crippen LogP contribution is -2.45. The first-order chi connectivity index (χ1) is 14.4. The molecular formula is C23H25N3O4. The lowest BCUT2D eigenvalue weighted by atomic mass is 9.94. The fourth-order valence-corrected chi connectivity index (χ4v) is 4.04. The summed E-state index contributed by atoms with van der Waals surface area (Å²) in [5.74, 6) is 0.913. The van der Waals surface area contributed by atoms with Gasteiger partial charge in [0.05, 0.1) is 38.1 Å². The van der Waals surface area contributed by atoms with Gasteiger partial charge in [-0.05, 0) is 43.2 Å². The van der Waals surface area contributed by atoms with E-state index in [1.807, 2.05) is 44.2 Å². The number of para-hydroxylation sites is 1. The molecule has 0 bridgehead atoms. The Kier molecular flexibility index (Phi) is 4.89. The van der Waals surface area contributed by atoms with Gasteiger partial charge in [0.15, 0.2) is 11.5 Å². The van der Waals surface area contributed by atoms with E-state index in [2.05, 4.69) is 5.32 Å². The Bertz CT molecular complexity index is 1080. The number of aryl methyl sites for hydroxylation is 2. The van der Waals surface area contributed by atoms with Crippen LogP contribution in [0.1, 0.15) is 22.7 Å². The highest BCUT2D eigenvalue weighted by atomic mass is 16.5. The molecule has 7 heteroatoms. The topological polar surface area (TPSA) is 71.1 Å². The Hall–Kier alpha value is -3.48. The van der Waals surface area contributed by atoms with Crippen molar-refractivity contribution in [2.75, 3.05) is 32.7 Å².